The average molecular weight is 189 g/mol. The molecule has 1 rings (SSSR count). The molecule has 0 radical (unpaired) electrons. The topological polar surface area (TPSA) is 43.1 Å². The predicted octanol–water partition coefficient (Wildman–Crippen LogP) is 2.22. The SMILES string of the molecule is C=CCCC(C(N)=O)c1ccccc1. The molecule has 0 aromatic heterocycles. The zero-order valence-electron chi connectivity index (χ0n) is 8.15. The monoisotopic (exact) mass is 189 g/mol. The largest absolute Gasteiger partial charge is 0.369 e. The molecule has 0 bridgehead atoms. The third kappa shape index (κ3) is 2.73. The second-order valence-corrected chi connectivity index (χ2v) is 3.23. The van der Waals surface area contributed by atoms with Crippen LogP contribution in [0.3, 0.4) is 0 Å². The summed E-state index contributed by atoms with van der Waals surface area (Å²) < 4.78 is 0. The molecule has 2 N–H and O–H groups in total. The molecule has 1 amide bonds. The van der Waals surface area contributed by atoms with Gasteiger partial charge in [0.15, 0.2) is 0 Å². The Morgan fingerprint density at radius 2 is 2.07 bits per heavy atom. The molecule has 0 saturated heterocycles. The first kappa shape index (κ1) is 10.5. The third-order valence-electron chi connectivity index (χ3n) is 2.20. The number of hydrogen-bond donors (Lipinski definition) is 1. The molecule has 2 nitrogen and oxygen atoms in total. The van der Waals surface area contributed by atoms with E-state index in [4.69, 9.17) is 5.73 Å². The van der Waals surface area contributed by atoms with Crippen molar-refractivity contribution in [3.63, 3.8) is 0 Å². The van der Waals surface area contributed by atoms with Crippen molar-refractivity contribution in [2.45, 2.75) is 18.8 Å². The minimum absolute atomic E-state index is 0.186. The number of benzene rings is 1. The Morgan fingerprint density at radius 3 is 2.57 bits per heavy atom. The van der Waals surface area contributed by atoms with Crippen molar-refractivity contribution in [1.82, 2.24) is 0 Å². The quantitative estimate of drug-likeness (QED) is 0.709. The summed E-state index contributed by atoms with van der Waals surface area (Å²) >= 11 is 0. The van der Waals surface area contributed by atoms with Crippen LogP contribution in [-0.2, 0) is 4.79 Å². The number of primary amides is 1. The number of hydrogen-bond acceptors (Lipinski definition) is 1. The molecule has 1 atom stereocenters. The van der Waals surface area contributed by atoms with Gasteiger partial charge in [-0.15, -0.1) is 6.58 Å². The van der Waals surface area contributed by atoms with E-state index in [1.54, 1.807) is 6.08 Å². The molecular formula is C12H15NO. The highest BCUT2D eigenvalue weighted by atomic mass is 16.1. The van der Waals surface area contributed by atoms with Gasteiger partial charge in [0.25, 0.3) is 0 Å². The van der Waals surface area contributed by atoms with Gasteiger partial charge >= 0.3 is 0 Å². The Morgan fingerprint density at radius 1 is 1.43 bits per heavy atom. The minimum atomic E-state index is -0.266. The van der Waals surface area contributed by atoms with Gasteiger partial charge in [-0.3, -0.25) is 4.79 Å². The van der Waals surface area contributed by atoms with Crippen LogP contribution in [0.1, 0.15) is 24.3 Å². The van der Waals surface area contributed by atoms with E-state index in [-0.39, 0.29) is 11.8 Å². The molecule has 0 fully saturated rings. The van der Waals surface area contributed by atoms with Crippen LogP contribution in [-0.4, -0.2) is 5.91 Å². The lowest BCUT2D eigenvalue weighted by Gasteiger charge is -2.11. The Hall–Kier alpha value is -1.57. The van der Waals surface area contributed by atoms with Gasteiger partial charge in [0.2, 0.25) is 5.91 Å². The standard InChI is InChI=1S/C12H15NO/c1-2-3-9-11(12(13)14)10-7-5-4-6-8-10/h2,4-8,11H,1,3,9H2,(H2,13,14). The summed E-state index contributed by atoms with van der Waals surface area (Å²) in [6, 6.07) is 9.62. The van der Waals surface area contributed by atoms with Gasteiger partial charge < -0.3 is 5.73 Å². The first-order valence-electron chi connectivity index (χ1n) is 4.71. The Bertz CT molecular complexity index is 305. The lowest BCUT2D eigenvalue weighted by molar-refractivity contribution is -0.119. The number of nitrogens with two attached hydrogens (primary N) is 1. The normalized spacial score (nSPS) is 12.0. The summed E-state index contributed by atoms with van der Waals surface area (Å²) in [5, 5.41) is 0. The summed E-state index contributed by atoms with van der Waals surface area (Å²) in [6.45, 7) is 3.63. The maximum absolute atomic E-state index is 11.2. The smallest absolute Gasteiger partial charge is 0.224 e. The molecule has 74 valence electrons. The van der Waals surface area contributed by atoms with E-state index >= 15 is 0 Å². The molecular weight excluding hydrogens is 174 g/mol. The number of allylic oxidation sites excluding steroid dienone is 1. The van der Waals surface area contributed by atoms with Gasteiger partial charge in [0, 0.05) is 0 Å². The van der Waals surface area contributed by atoms with E-state index in [0.717, 1.165) is 18.4 Å². The molecule has 14 heavy (non-hydrogen) atoms. The first-order chi connectivity index (χ1) is 6.75. The lowest BCUT2D eigenvalue weighted by atomic mass is 9.94. The van der Waals surface area contributed by atoms with E-state index in [1.807, 2.05) is 30.3 Å². The van der Waals surface area contributed by atoms with Gasteiger partial charge in [-0.05, 0) is 18.4 Å². The van der Waals surface area contributed by atoms with E-state index in [1.165, 1.54) is 0 Å². The van der Waals surface area contributed by atoms with Gasteiger partial charge in [-0.2, -0.15) is 0 Å². The maximum Gasteiger partial charge on any atom is 0.224 e. The van der Waals surface area contributed by atoms with Crippen LogP contribution >= 0.6 is 0 Å². The van der Waals surface area contributed by atoms with Crippen LogP contribution in [0.15, 0.2) is 43.0 Å². The lowest BCUT2D eigenvalue weighted by Crippen LogP contribution is -2.21. The van der Waals surface area contributed by atoms with E-state index < -0.39 is 0 Å². The predicted molar refractivity (Wildman–Crippen MR) is 57.8 cm³/mol. The summed E-state index contributed by atoms with van der Waals surface area (Å²) in [7, 11) is 0. The van der Waals surface area contributed by atoms with Crippen molar-refractivity contribution < 1.29 is 4.79 Å². The van der Waals surface area contributed by atoms with Crippen LogP contribution in [0, 0.1) is 0 Å². The number of rotatable bonds is 5. The van der Waals surface area contributed by atoms with Crippen LogP contribution in [0.4, 0.5) is 0 Å². The van der Waals surface area contributed by atoms with Crippen molar-refractivity contribution in [3.8, 4) is 0 Å². The van der Waals surface area contributed by atoms with Gasteiger partial charge in [-0.1, -0.05) is 36.4 Å². The van der Waals surface area contributed by atoms with Crippen molar-refractivity contribution in [2.75, 3.05) is 0 Å². The Balaban J connectivity index is 2.78. The van der Waals surface area contributed by atoms with Crippen molar-refractivity contribution in [2.24, 2.45) is 5.73 Å². The van der Waals surface area contributed by atoms with E-state index in [9.17, 15) is 4.79 Å². The van der Waals surface area contributed by atoms with Gasteiger partial charge in [0.05, 0.1) is 5.92 Å². The molecule has 2 heteroatoms. The van der Waals surface area contributed by atoms with Crippen molar-refractivity contribution in [1.29, 1.82) is 0 Å². The zero-order chi connectivity index (χ0) is 10.4. The Labute approximate surface area is 84.4 Å². The minimum Gasteiger partial charge on any atom is -0.369 e. The maximum atomic E-state index is 11.2. The Kier molecular flexibility index (Phi) is 3.92. The second-order valence-electron chi connectivity index (χ2n) is 3.23. The van der Waals surface area contributed by atoms with Crippen LogP contribution < -0.4 is 5.73 Å². The molecule has 0 saturated carbocycles. The molecule has 0 aliphatic heterocycles. The number of carbonyl (C=O) groups is 1. The summed E-state index contributed by atoms with van der Waals surface area (Å²) in [4.78, 5) is 11.2. The molecule has 1 aromatic rings. The highest BCUT2D eigenvalue weighted by Gasteiger charge is 2.15. The highest BCUT2D eigenvalue weighted by Crippen LogP contribution is 2.20. The van der Waals surface area contributed by atoms with Crippen LogP contribution in [0.25, 0.3) is 0 Å². The molecule has 0 aliphatic rings. The summed E-state index contributed by atoms with van der Waals surface area (Å²) in [5.74, 6) is -0.452. The third-order valence-corrected chi connectivity index (χ3v) is 2.20. The molecule has 0 spiro atoms. The first-order valence-corrected chi connectivity index (χ1v) is 4.71. The number of amides is 1. The summed E-state index contributed by atoms with van der Waals surface area (Å²) in [5.41, 5.74) is 6.32. The summed E-state index contributed by atoms with van der Waals surface area (Å²) in [6.07, 6.45) is 3.35. The number of carbonyl (C=O) groups excluding carboxylic acids is 1. The van der Waals surface area contributed by atoms with Gasteiger partial charge in [0.1, 0.15) is 0 Å². The fourth-order valence-corrected chi connectivity index (χ4v) is 1.44. The molecule has 1 aromatic carbocycles. The van der Waals surface area contributed by atoms with Gasteiger partial charge in [-0.25, -0.2) is 0 Å². The van der Waals surface area contributed by atoms with E-state index in [2.05, 4.69) is 6.58 Å². The average Bonchev–Trinajstić information content (AvgIpc) is 2.19. The van der Waals surface area contributed by atoms with Crippen molar-refractivity contribution >= 4 is 5.91 Å². The fraction of sp³-hybridized carbons (Fsp3) is 0.250. The molecule has 0 heterocycles. The fourth-order valence-electron chi connectivity index (χ4n) is 1.44. The van der Waals surface area contributed by atoms with E-state index in [0.29, 0.717) is 0 Å². The van der Waals surface area contributed by atoms with Crippen LogP contribution in [0.2, 0.25) is 0 Å². The molecule has 0 aliphatic carbocycles. The molecule has 1 unspecified atom stereocenters. The van der Waals surface area contributed by atoms with Crippen molar-refractivity contribution in [3.05, 3.63) is 48.6 Å². The van der Waals surface area contributed by atoms with Crippen LogP contribution in [0.5, 0.6) is 0 Å². The second kappa shape index (κ2) is 5.22. The highest BCUT2D eigenvalue weighted by molar-refractivity contribution is 5.81. The zero-order valence-corrected chi connectivity index (χ0v) is 8.15.